The topological polar surface area (TPSA) is 22.0 Å². The molecule has 0 aliphatic carbocycles. The maximum atomic E-state index is 12.5. The zero-order valence-electron chi connectivity index (χ0n) is 11.0. The van der Waals surface area contributed by atoms with Crippen LogP contribution in [0.4, 0.5) is 0 Å². The van der Waals surface area contributed by atoms with Gasteiger partial charge in [-0.3, -0.25) is 9.36 Å². The minimum atomic E-state index is -0.00588. The van der Waals surface area contributed by atoms with Gasteiger partial charge in [0.1, 0.15) is 0 Å². The SMILES string of the molecule is CCc1cccccccn1C(=O)c1ccccc1. The van der Waals surface area contributed by atoms with Gasteiger partial charge in [-0.05, 0) is 30.7 Å². The number of aryl methyl sites for hydroxylation is 1. The van der Waals surface area contributed by atoms with E-state index in [-0.39, 0.29) is 5.91 Å². The van der Waals surface area contributed by atoms with E-state index in [4.69, 9.17) is 0 Å². The standard InChI is InChI=1S/C17H17NO/c1-2-16-13-9-4-3-5-10-14-18(16)17(19)15-11-7-6-8-12-15/h3-14H,2H2,1H3. The summed E-state index contributed by atoms with van der Waals surface area (Å²) in [6, 6.07) is 20.9. The number of benzene rings is 1. The fourth-order valence-corrected chi connectivity index (χ4v) is 1.88. The molecule has 19 heavy (non-hydrogen) atoms. The summed E-state index contributed by atoms with van der Waals surface area (Å²) in [7, 11) is 0. The van der Waals surface area contributed by atoms with Gasteiger partial charge in [-0.1, -0.05) is 49.4 Å². The van der Waals surface area contributed by atoms with Gasteiger partial charge >= 0.3 is 0 Å². The molecule has 0 atom stereocenters. The van der Waals surface area contributed by atoms with Crippen LogP contribution in [-0.4, -0.2) is 10.5 Å². The highest BCUT2D eigenvalue weighted by Gasteiger charge is 2.07. The van der Waals surface area contributed by atoms with Crippen LogP contribution in [0.1, 0.15) is 23.0 Å². The van der Waals surface area contributed by atoms with Crippen molar-refractivity contribution in [2.75, 3.05) is 0 Å². The maximum absolute atomic E-state index is 12.5. The van der Waals surface area contributed by atoms with Crippen LogP contribution in [0.3, 0.4) is 0 Å². The van der Waals surface area contributed by atoms with Crippen molar-refractivity contribution >= 4 is 5.91 Å². The molecule has 0 unspecified atom stereocenters. The van der Waals surface area contributed by atoms with Crippen LogP contribution in [0, 0.1) is 0 Å². The van der Waals surface area contributed by atoms with Crippen molar-refractivity contribution in [1.29, 1.82) is 0 Å². The number of hydrogen-bond donors (Lipinski definition) is 0. The molecule has 2 rings (SSSR count). The van der Waals surface area contributed by atoms with Gasteiger partial charge in [-0.2, -0.15) is 0 Å². The lowest BCUT2D eigenvalue weighted by atomic mass is 10.2. The second-order valence-electron chi connectivity index (χ2n) is 4.16. The average molecular weight is 251 g/mol. The molecular formula is C17H17NO. The molecule has 1 aromatic heterocycles. The van der Waals surface area contributed by atoms with Gasteiger partial charge in [0.25, 0.3) is 5.91 Å². The average Bonchev–Trinajstić information content (AvgIpc) is 2.58. The second-order valence-corrected chi connectivity index (χ2v) is 4.16. The Morgan fingerprint density at radius 2 is 1.47 bits per heavy atom. The van der Waals surface area contributed by atoms with Gasteiger partial charge < -0.3 is 0 Å². The number of aromatic nitrogens is 1. The summed E-state index contributed by atoms with van der Waals surface area (Å²) < 4.78 is 1.70. The zero-order valence-corrected chi connectivity index (χ0v) is 11.0. The zero-order chi connectivity index (χ0) is 13.5. The monoisotopic (exact) mass is 251 g/mol. The Morgan fingerprint density at radius 1 is 0.895 bits per heavy atom. The van der Waals surface area contributed by atoms with E-state index in [1.807, 2.05) is 79.9 Å². The smallest absolute Gasteiger partial charge is 0.262 e. The molecule has 2 aromatic rings. The fourth-order valence-electron chi connectivity index (χ4n) is 1.88. The molecule has 0 saturated heterocycles. The van der Waals surface area contributed by atoms with Gasteiger partial charge in [0.05, 0.1) is 0 Å². The molecular weight excluding hydrogens is 234 g/mol. The van der Waals surface area contributed by atoms with Crippen molar-refractivity contribution in [2.24, 2.45) is 0 Å². The van der Waals surface area contributed by atoms with Gasteiger partial charge in [-0.25, -0.2) is 0 Å². The van der Waals surface area contributed by atoms with E-state index >= 15 is 0 Å². The predicted molar refractivity (Wildman–Crippen MR) is 77.6 cm³/mol. The van der Waals surface area contributed by atoms with Gasteiger partial charge in [-0.15, -0.1) is 0 Å². The lowest BCUT2D eigenvalue weighted by molar-refractivity contribution is 0.0956. The summed E-state index contributed by atoms with van der Waals surface area (Å²) in [4.78, 5) is 12.5. The first-order valence-electron chi connectivity index (χ1n) is 6.42. The van der Waals surface area contributed by atoms with E-state index in [2.05, 4.69) is 0 Å². The molecule has 2 nitrogen and oxygen atoms in total. The normalized spacial score (nSPS) is 9.74. The number of rotatable bonds is 2. The quantitative estimate of drug-likeness (QED) is 0.794. The molecule has 96 valence electrons. The van der Waals surface area contributed by atoms with Gasteiger partial charge in [0.2, 0.25) is 0 Å². The molecule has 0 spiro atoms. The molecule has 0 radical (unpaired) electrons. The second kappa shape index (κ2) is 6.55. The molecule has 0 saturated carbocycles. The molecule has 1 aromatic carbocycles. The Morgan fingerprint density at radius 3 is 2.21 bits per heavy atom. The van der Waals surface area contributed by atoms with E-state index in [1.165, 1.54) is 0 Å². The summed E-state index contributed by atoms with van der Waals surface area (Å²) >= 11 is 0. The highest BCUT2D eigenvalue weighted by Crippen LogP contribution is 2.06. The number of nitrogens with zero attached hydrogens (tertiary/aromatic N) is 1. The van der Waals surface area contributed by atoms with E-state index in [1.54, 1.807) is 4.57 Å². The third-order valence-electron chi connectivity index (χ3n) is 2.88. The van der Waals surface area contributed by atoms with E-state index in [0.29, 0.717) is 5.56 Å². The Labute approximate surface area is 113 Å². The van der Waals surface area contributed by atoms with Gasteiger partial charge in [0, 0.05) is 17.5 Å². The largest absolute Gasteiger partial charge is 0.288 e. The summed E-state index contributed by atoms with van der Waals surface area (Å²) in [5.41, 5.74) is 1.67. The van der Waals surface area contributed by atoms with Crippen LogP contribution >= 0.6 is 0 Å². The highest BCUT2D eigenvalue weighted by molar-refractivity contribution is 5.96. The molecule has 0 fully saturated rings. The molecule has 2 heteroatoms. The van der Waals surface area contributed by atoms with Gasteiger partial charge in [0.15, 0.2) is 0 Å². The Bertz CT molecular complexity index is 598. The number of carbonyl (C=O) groups is 1. The van der Waals surface area contributed by atoms with E-state index in [0.717, 1.165) is 12.1 Å². The van der Waals surface area contributed by atoms with E-state index in [9.17, 15) is 4.79 Å². The number of hydrogen-bond acceptors (Lipinski definition) is 1. The third-order valence-corrected chi connectivity index (χ3v) is 2.88. The fraction of sp³-hybridized carbons (Fsp3) is 0.118. The first-order valence-corrected chi connectivity index (χ1v) is 6.42. The van der Waals surface area contributed by atoms with Crippen LogP contribution < -0.4 is 0 Å². The minimum Gasteiger partial charge on any atom is -0.288 e. The summed E-state index contributed by atoms with van der Waals surface area (Å²) in [5.74, 6) is -0.00588. The number of carbonyl (C=O) groups excluding carboxylic acids is 1. The van der Waals surface area contributed by atoms with Crippen LogP contribution in [0.15, 0.2) is 72.9 Å². The van der Waals surface area contributed by atoms with Crippen LogP contribution in [0.5, 0.6) is 0 Å². The summed E-state index contributed by atoms with van der Waals surface area (Å²) in [6.07, 6.45) is 2.61. The summed E-state index contributed by atoms with van der Waals surface area (Å²) in [5, 5.41) is 0. The molecule has 0 aliphatic rings. The van der Waals surface area contributed by atoms with E-state index < -0.39 is 0 Å². The predicted octanol–water partition coefficient (Wildman–Crippen LogP) is 3.86. The molecule has 0 aliphatic heterocycles. The Balaban J connectivity index is 2.56. The van der Waals surface area contributed by atoms with Crippen LogP contribution in [0.25, 0.3) is 0 Å². The Kier molecular flexibility index (Phi) is 4.51. The van der Waals surface area contributed by atoms with Crippen molar-refractivity contribution in [2.45, 2.75) is 13.3 Å². The molecule has 0 bridgehead atoms. The lowest BCUT2D eigenvalue weighted by Gasteiger charge is -2.08. The molecule has 0 N–H and O–H groups in total. The van der Waals surface area contributed by atoms with Crippen LogP contribution in [0.2, 0.25) is 0 Å². The van der Waals surface area contributed by atoms with Crippen molar-refractivity contribution in [3.63, 3.8) is 0 Å². The summed E-state index contributed by atoms with van der Waals surface area (Å²) in [6.45, 7) is 2.05. The highest BCUT2D eigenvalue weighted by atomic mass is 16.2. The third kappa shape index (κ3) is 3.32. The first kappa shape index (κ1) is 13.1. The first-order chi connectivity index (χ1) is 9.33. The maximum Gasteiger partial charge on any atom is 0.262 e. The van der Waals surface area contributed by atoms with Crippen molar-refractivity contribution in [3.05, 3.63) is 84.2 Å². The lowest BCUT2D eigenvalue weighted by Crippen LogP contribution is -2.14. The van der Waals surface area contributed by atoms with Crippen LogP contribution in [-0.2, 0) is 6.42 Å². The molecule has 1 heterocycles. The Hall–Kier alpha value is -2.35. The molecule has 0 amide bonds. The van der Waals surface area contributed by atoms with Crippen molar-refractivity contribution in [3.8, 4) is 0 Å². The van der Waals surface area contributed by atoms with Crippen molar-refractivity contribution < 1.29 is 4.79 Å². The minimum absolute atomic E-state index is 0.00588. The van der Waals surface area contributed by atoms with Crippen molar-refractivity contribution in [1.82, 2.24) is 4.57 Å².